The summed E-state index contributed by atoms with van der Waals surface area (Å²) in [5.74, 6) is 2.12. The molecule has 2 aromatic heterocycles. The van der Waals surface area contributed by atoms with Crippen molar-refractivity contribution in [2.24, 2.45) is 0 Å². The van der Waals surface area contributed by atoms with Crippen LogP contribution in [0.4, 0.5) is 5.82 Å². The van der Waals surface area contributed by atoms with Gasteiger partial charge in [-0.15, -0.1) is 0 Å². The Morgan fingerprint density at radius 2 is 2.17 bits per heavy atom. The summed E-state index contributed by atoms with van der Waals surface area (Å²) in [4.78, 5) is 14.8. The Kier molecular flexibility index (Phi) is 3.82. The highest BCUT2D eigenvalue weighted by atomic mass is 16.5. The van der Waals surface area contributed by atoms with E-state index in [1.54, 1.807) is 7.11 Å². The third-order valence-electron chi connectivity index (χ3n) is 4.37. The molecule has 0 aliphatic carbocycles. The van der Waals surface area contributed by atoms with Gasteiger partial charge in [0.05, 0.1) is 26.4 Å². The van der Waals surface area contributed by atoms with Crippen molar-refractivity contribution in [2.45, 2.75) is 13.0 Å². The second kappa shape index (κ2) is 6.13. The Hall–Kier alpha value is -2.60. The monoisotopic (exact) mass is 324 g/mol. The van der Waals surface area contributed by atoms with Crippen LogP contribution in [0.5, 0.6) is 5.88 Å². The number of methoxy groups -OCH3 is 1. The number of rotatable bonds is 3. The Bertz CT molecular complexity index is 861. The molecule has 1 N–H and O–H groups in total. The number of aromatic amines is 1. The molecule has 0 unspecified atom stereocenters. The summed E-state index contributed by atoms with van der Waals surface area (Å²) in [5.41, 5.74) is 2.08. The van der Waals surface area contributed by atoms with Gasteiger partial charge in [0.15, 0.2) is 5.82 Å². The zero-order valence-corrected chi connectivity index (χ0v) is 13.8. The second-order valence-corrected chi connectivity index (χ2v) is 5.99. The summed E-state index contributed by atoms with van der Waals surface area (Å²) >= 11 is 0. The molecule has 6 heteroatoms. The minimum Gasteiger partial charge on any atom is -0.481 e. The number of anilines is 1. The van der Waals surface area contributed by atoms with Crippen molar-refractivity contribution < 1.29 is 9.47 Å². The van der Waals surface area contributed by atoms with Crippen molar-refractivity contribution in [1.29, 1.82) is 0 Å². The maximum Gasteiger partial charge on any atom is 0.218 e. The van der Waals surface area contributed by atoms with E-state index >= 15 is 0 Å². The Morgan fingerprint density at radius 1 is 1.25 bits per heavy atom. The molecule has 1 fully saturated rings. The van der Waals surface area contributed by atoms with Crippen LogP contribution >= 0.6 is 0 Å². The number of morpholine rings is 1. The lowest BCUT2D eigenvalue weighted by Crippen LogP contribution is -2.44. The smallest absolute Gasteiger partial charge is 0.218 e. The molecule has 0 saturated carbocycles. The minimum absolute atomic E-state index is 0.276. The van der Waals surface area contributed by atoms with Crippen LogP contribution in [0.2, 0.25) is 0 Å². The third kappa shape index (κ3) is 2.69. The number of fused-ring (bicyclic) bond motifs is 1. The van der Waals surface area contributed by atoms with E-state index < -0.39 is 0 Å². The number of nitrogens with one attached hydrogen (secondary N) is 1. The fraction of sp³-hybridized carbons (Fsp3) is 0.333. The molecular formula is C18H20N4O2. The summed E-state index contributed by atoms with van der Waals surface area (Å²) in [6.45, 7) is 4.37. The first kappa shape index (κ1) is 15.0. The van der Waals surface area contributed by atoms with Gasteiger partial charge in [0.2, 0.25) is 5.88 Å². The van der Waals surface area contributed by atoms with Gasteiger partial charge in [-0.05, 0) is 31.2 Å². The Labute approximate surface area is 140 Å². The molecule has 1 atom stereocenters. The molecule has 1 aliphatic rings. The molecule has 6 nitrogen and oxygen atoms in total. The largest absolute Gasteiger partial charge is 0.481 e. The first-order valence-electron chi connectivity index (χ1n) is 8.09. The van der Waals surface area contributed by atoms with Crippen LogP contribution in [0, 0.1) is 0 Å². The summed E-state index contributed by atoms with van der Waals surface area (Å²) < 4.78 is 10.9. The minimum atomic E-state index is 0.276. The van der Waals surface area contributed by atoms with Crippen molar-refractivity contribution in [3.63, 3.8) is 0 Å². The van der Waals surface area contributed by atoms with Crippen LogP contribution in [-0.2, 0) is 4.74 Å². The molecule has 3 aromatic rings. The standard InChI is InChI=1S/C18H20N4O2/c1-12-11-24-8-7-22(12)16-10-17(23-2)21-18(20-16)14-3-4-15-13(9-14)5-6-19-15/h3-6,9-10,12,19H,7-8,11H2,1-2H3/t12-/m0/s1. The molecule has 24 heavy (non-hydrogen) atoms. The summed E-state index contributed by atoms with van der Waals surface area (Å²) in [6, 6.07) is 10.4. The van der Waals surface area contributed by atoms with E-state index in [0.717, 1.165) is 28.8 Å². The van der Waals surface area contributed by atoms with Gasteiger partial charge in [-0.3, -0.25) is 0 Å². The molecule has 0 spiro atoms. The molecule has 3 heterocycles. The third-order valence-corrected chi connectivity index (χ3v) is 4.37. The SMILES string of the molecule is COc1cc(N2CCOC[C@@H]2C)nc(-c2ccc3[nH]ccc3c2)n1. The number of ether oxygens (including phenoxy) is 2. The number of H-pyrrole nitrogens is 1. The van der Waals surface area contributed by atoms with Crippen LogP contribution in [0.25, 0.3) is 22.3 Å². The quantitative estimate of drug-likeness (QED) is 0.802. The van der Waals surface area contributed by atoms with Gasteiger partial charge >= 0.3 is 0 Å². The van der Waals surface area contributed by atoms with Crippen molar-refractivity contribution in [1.82, 2.24) is 15.0 Å². The van der Waals surface area contributed by atoms with Gasteiger partial charge in [0, 0.05) is 35.3 Å². The number of hydrogen-bond donors (Lipinski definition) is 1. The van der Waals surface area contributed by atoms with Gasteiger partial charge in [0.25, 0.3) is 0 Å². The van der Waals surface area contributed by atoms with Crippen LogP contribution < -0.4 is 9.64 Å². The van der Waals surface area contributed by atoms with Crippen LogP contribution in [0.15, 0.2) is 36.5 Å². The van der Waals surface area contributed by atoms with E-state index in [0.29, 0.717) is 24.9 Å². The second-order valence-electron chi connectivity index (χ2n) is 5.99. The van der Waals surface area contributed by atoms with Crippen LogP contribution in [0.3, 0.4) is 0 Å². The lowest BCUT2D eigenvalue weighted by Gasteiger charge is -2.34. The molecule has 1 saturated heterocycles. The summed E-state index contributed by atoms with van der Waals surface area (Å²) in [5, 5.41) is 1.14. The van der Waals surface area contributed by atoms with Gasteiger partial charge < -0.3 is 19.4 Å². The van der Waals surface area contributed by atoms with Gasteiger partial charge in [-0.1, -0.05) is 0 Å². The molecule has 0 radical (unpaired) electrons. The Balaban J connectivity index is 1.78. The fourth-order valence-electron chi connectivity index (χ4n) is 3.05. The van der Waals surface area contributed by atoms with Gasteiger partial charge in [-0.25, -0.2) is 4.98 Å². The first-order valence-corrected chi connectivity index (χ1v) is 8.09. The molecule has 124 valence electrons. The highest BCUT2D eigenvalue weighted by molar-refractivity contribution is 5.84. The zero-order valence-electron chi connectivity index (χ0n) is 13.8. The Morgan fingerprint density at radius 3 is 3.00 bits per heavy atom. The van der Waals surface area contributed by atoms with Crippen molar-refractivity contribution in [3.05, 3.63) is 36.5 Å². The van der Waals surface area contributed by atoms with E-state index in [1.165, 1.54) is 0 Å². The van der Waals surface area contributed by atoms with Crippen LogP contribution in [-0.4, -0.2) is 47.9 Å². The van der Waals surface area contributed by atoms with Gasteiger partial charge in [0.1, 0.15) is 5.82 Å². The maximum atomic E-state index is 5.52. The normalized spacial score (nSPS) is 18.1. The van der Waals surface area contributed by atoms with E-state index in [9.17, 15) is 0 Å². The summed E-state index contributed by atoms with van der Waals surface area (Å²) in [6.07, 6.45) is 1.93. The first-order chi connectivity index (χ1) is 11.7. The predicted octanol–water partition coefficient (Wildman–Crippen LogP) is 2.86. The number of benzene rings is 1. The average Bonchev–Trinajstić information content (AvgIpc) is 3.09. The number of nitrogens with zero attached hydrogens (tertiary/aromatic N) is 3. The van der Waals surface area contributed by atoms with Crippen molar-refractivity contribution >= 4 is 16.7 Å². The highest BCUT2D eigenvalue weighted by Gasteiger charge is 2.22. The van der Waals surface area contributed by atoms with Crippen LogP contribution in [0.1, 0.15) is 6.92 Å². The molecular weight excluding hydrogens is 304 g/mol. The lowest BCUT2D eigenvalue weighted by molar-refractivity contribution is 0.0985. The molecule has 1 aliphatic heterocycles. The van der Waals surface area contributed by atoms with Gasteiger partial charge in [-0.2, -0.15) is 4.98 Å². The topological polar surface area (TPSA) is 63.3 Å². The van der Waals surface area contributed by atoms with E-state index in [4.69, 9.17) is 14.5 Å². The molecule has 0 bridgehead atoms. The zero-order chi connectivity index (χ0) is 16.5. The van der Waals surface area contributed by atoms with E-state index in [1.807, 2.05) is 30.5 Å². The van der Waals surface area contributed by atoms with Crippen molar-refractivity contribution in [2.75, 3.05) is 31.8 Å². The molecule has 1 aromatic carbocycles. The lowest BCUT2D eigenvalue weighted by atomic mass is 10.1. The predicted molar refractivity (Wildman–Crippen MR) is 93.5 cm³/mol. The van der Waals surface area contributed by atoms with E-state index in [-0.39, 0.29) is 6.04 Å². The van der Waals surface area contributed by atoms with Crippen molar-refractivity contribution in [3.8, 4) is 17.3 Å². The average molecular weight is 324 g/mol. The number of hydrogen-bond acceptors (Lipinski definition) is 5. The highest BCUT2D eigenvalue weighted by Crippen LogP contribution is 2.27. The fourth-order valence-corrected chi connectivity index (χ4v) is 3.05. The molecule has 4 rings (SSSR count). The summed E-state index contributed by atoms with van der Waals surface area (Å²) in [7, 11) is 1.63. The maximum absolute atomic E-state index is 5.52. The molecule has 0 amide bonds. The number of aromatic nitrogens is 3. The van der Waals surface area contributed by atoms with E-state index in [2.05, 4.69) is 27.9 Å².